The molecule has 0 aliphatic heterocycles. The van der Waals surface area contributed by atoms with Crippen LogP contribution in [0.1, 0.15) is 6.92 Å². The van der Waals surface area contributed by atoms with Gasteiger partial charge in [0, 0.05) is 19.3 Å². The number of hydrogen-bond donors (Lipinski definition) is 0. The number of likely N-dealkylation sites (N-methyl/N-ethyl adjacent to an activating group) is 1. The number of aromatic nitrogens is 2. The van der Waals surface area contributed by atoms with Gasteiger partial charge in [-0.2, -0.15) is 0 Å². The van der Waals surface area contributed by atoms with E-state index >= 15 is 0 Å². The standard InChI is InChI=1S/C9H12BrN3/c1-3-5-13(4-2)9-8(10)6-11-7-12-9/h3,6-7H,1,4-5H2,2H3. The first-order valence-corrected chi connectivity index (χ1v) is 4.90. The number of nitrogens with zero attached hydrogens (tertiary/aromatic N) is 3. The van der Waals surface area contributed by atoms with Crippen LogP contribution in [0.5, 0.6) is 0 Å². The summed E-state index contributed by atoms with van der Waals surface area (Å²) in [6.07, 6.45) is 5.15. The summed E-state index contributed by atoms with van der Waals surface area (Å²) in [5.41, 5.74) is 0. The Hall–Kier alpha value is -0.900. The van der Waals surface area contributed by atoms with Crippen LogP contribution < -0.4 is 4.90 Å². The summed E-state index contributed by atoms with van der Waals surface area (Å²) < 4.78 is 0.915. The van der Waals surface area contributed by atoms with Crippen molar-refractivity contribution in [1.82, 2.24) is 9.97 Å². The lowest BCUT2D eigenvalue weighted by molar-refractivity contribution is 0.872. The monoisotopic (exact) mass is 241 g/mol. The highest BCUT2D eigenvalue weighted by atomic mass is 79.9. The van der Waals surface area contributed by atoms with Crippen molar-refractivity contribution in [1.29, 1.82) is 0 Å². The smallest absolute Gasteiger partial charge is 0.146 e. The molecule has 0 bridgehead atoms. The van der Waals surface area contributed by atoms with E-state index < -0.39 is 0 Å². The number of hydrogen-bond acceptors (Lipinski definition) is 3. The summed E-state index contributed by atoms with van der Waals surface area (Å²) in [6, 6.07) is 0. The quantitative estimate of drug-likeness (QED) is 0.758. The Morgan fingerprint density at radius 3 is 3.00 bits per heavy atom. The fraction of sp³-hybridized carbons (Fsp3) is 0.333. The van der Waals surface area contributed by atoms with Crippen LogP contribution in [0.15, 0.2) is 29.7 Å². The van der Waals surface area contributed by atoms with Crippen molar-refractivity contribution in [2.75, 3.05) is 18.0 Å². The minimum Gasteiger partial charge on any atom is -0.352 e. The van der Waals surface area contributed by atoms with Gasteiger partial charge in [-0.3, -0.25) is 0 Å². The highest BCUT2D eigenvalue weighted by Crippen LogP contribution is 2.21. The molecule has 0 amide bonds. The SMILES string of the molecule is C=CCN(CC)c1ncncc1Br. The number of rotatable bonds is 4. The summed E-state index contributed by atoms with van der Waals surface area (Å²) in [6.45, 7) is 7.49. The van der Waals surface area contributed by atoms with Gasteiger partial charge in [-0.1, -0.05) is 6.08 Å². The van der Waals surface area contributed by atoms with E-state index in [0.717, 1.165) is 23.4 Å². The van der Waals surface area contributed by atoms with Crippen molar-refractivity contribution >= 4 is 21.7 Å². The first kappa shape index (κ1) is 10.2. The topological polar surface area (TPSA) is 29.0 Å². The molecule has 0 fully saturated rings. The van der Waals surface area contributed by atoms with Gasteiger partial charge in [-0.05, 0) is 22.9 Å². The molecule has 0 saturated heterocycles. The molecule has 3 nitrogen and oxygen atoms in total. The third-order valence-corrected chi connectivity index (χ3v) is 2.24. The molecule has 1 aromatic heterocycles. The second kappa shape index (κ2) is 4.97. The average molecular weight is 242 g/mol. The van der Waals surface area contributed by atoms with Gasteiger partial charge >= 0.3 is 0 Å². The summed E-state index contributed by atoms with van der Waals surface area (Å²) in [4.78, 5) is 10.2. The maximum Gasteiger partial charge on any atom is 0.146 e. The number of halogens is 1. The predicted molar refractivity (Wildman–Crippen MR) is 57.8 cm³/mol. The molecule has 0 aliphatic rings. The van der Waals surface area contributed by atoms with Crippen LogP contribution in [0.3, 0.4) is 0 Å². The Morgan fingerprint density at radius 1 is 1.69 bits per heavy atom. The largest absolute Gasteiger partial charge is 0.352 e. The summed E-state index contributed by atoms with van der Waals surface area (Å²) >= 11 is 3.41. The molecule has 1 aromatic rings. The first-order valence-electron chi connectivity index (χ1n) is 4.11. The van der Waals surface area contributed by atoms with Gasteiger partial charge in [-0.15, -0.1) is 6.58 Å². The Balaban J connectivity index is 2.90. The van der Waals surface area contributed by atoms with Crippen LogP contribution in [0, 0.1) is 0 Å². The van der Waals surface area contributed by atoms with Crippen molar-refractivity contribution in [2.45, 2.75) is 6.92 Å². The third-order valence-electron chi connectivity index (χ3n) is 1.68. The fourth-order valence-electron chi connectivity index (χ4n) is 1.06. The normalized spacial score (nSPS) is 9.69. The molecule has 4 heteroatoms. The zero-order valence-corrected chi connectivity index (χ0v) is 9.16. The van der Waals surface area contributed by atoms with Gasteiger partial charge in [0.15, 0.2) is 0 Å². The molecule has 0 aromatic carbocycles. The summed E-state index contributed by atoms with van der Waals surface area (Å²) in [5, 5.41) is 0. The lowest BCUT2D eigenvalue weighted by atomic mass is 10.4. The molecule has 0 atom stereocenters. The molecule has 1 heterocycles. The van der Waals surface area contributed by atoms with Crippen molar-refractivity contribution in [2.24, 2.45) is 0 Å². The van der Waals surface area contributed by atoms with Crippen molar-refractivity contribution in [3.05, 3.63) is 29.7 Å². The van der Waals surface area contributed by atoms with Gasteiger partial charge < -0.3 is 4.90 Å². The molecule has 0 spiro atoms. The molecule has 0 saturated carbocycles. The lowest BCUT2D eigenvalue weighted by Gasteiger charge is -2.20. The Labute approximate surface area is 86.6 Å². The molecule has 0 radical (unpaired) electrons. The number of anilines is 1. The van der Waals surface area contributed by atoms with E-state index in [2.05, 4.69) is 44.3 Å². The van der Waals surface area contributed by atoms with Crippen molar-refractivity contribution < 1.29 is 0 Å². The minimum absolute atomic E-state index is 0.798. The lowest BCUT2D eigenvalue weighted by Crippen LogP contribution is -2.23. The minimum atomic E-state index is 0.798. The van der Waals surface area contributed by atoms with Gasteiger partial charge in [-0.25, -0.2) is 9.97 Å². The van der Waals surface area contributed by atoms with E-state index in [9.17, 15) is 0 Å². The van der Waals surface area contributed by atoms with Gasteiger partial charge in [0.25, 0.3) is 0 Å². The van der Waals surface area contributed by atoms with E-state index in [-0.39, 0.29) is 0 Å². The van der Waals surface area contributed by atoms with Crippen LogP contribution in [-0.2, 0) is 0 Å². The molecule has 0 N–H and O–H groups in total. The zero-order chi connectivity index (χ0) is 9.68. The third kappa shape index (κ3) is 2.52. The van der Waals surface area contributed by atoms with Crippen molar-refractivity contribution in [3.63, 3.8) is 0 Å². The molecule has 0 aliphatic carbocycles. The predicted octanol–water partition coefficient (Wildman–Crippen LogP) is 2.25. The summed E-state index contributed by atoms with van der Waals surface area (Å²) in [7, 11) is 0. The molecule has 1 rings (SSSR count). The van der Waals surface area contributed by atoms with Crippen LogP contribution >= 0.6 is 15.9 Å². The maximum atomic E-state index is 4.19. The fourth-order valence-corrected chi connectivity index (χ4v) is 1.53. The second-order valence-electron chi connectivity index (χ2n) is 2.52. The van der Waals surface area contributed by atoms with Crippen LogP contribution in [0.2, 0.25) is 0 Å². The highest BCUT2D eigenvalue weighted by Gasteiger charge is 2.07. The maximum absolute atomic E-state index is 4.19. The van der Waals surface area contributed by atoms with E-state index in [1.54, 1.807) is 12.5 Å². The molecule has 13 heavy (non-hydrogen) atoms. The van der Waals surface area contributed by atoms with Crippen LogP contribution in [0.25, 0.3) is 0 Å². The van der Waals surface area contributed by atoms with Gasteiger partial charge in [0.2, 0.25) is 0 Å². The van der Waals surface area contributed by atoms with Crippen LogP contribution in [-0.4, -0.2) is 23.1 Å². The van der Waals surface area contributed by atoms with E-state index in [4.69, 9.17) is 0 Å². The zero-order valence-electron chi connectivity index (χ0n) is 7.57. The molecular formula is C9H12BrN3. The Kier molecular flexibility index (Phi) is 3.89. The molecular weight excluding hydrogens is 230 g/mol. The van der Waals surface area contributed by atoms with Crippen molar-refractivity contribution in [3.8, 4) is 0 Å². The van der Waals surface area contributed by atoms with Crippen LogP contribution in [0.4, 0.5) is 5.82 Å². The summed E-state index contributed by atoms with van der Waals surface area (Å²) in [5.74, 6) is 0.914. The Bertz CT molecular complexity index is 288. The van der Waals surface area contributed by atoms with Gasteiger partial charge in [0.05, 0.1) is 4.47 Å². The first-order chi connectivity index (χ1) is 6.29. The molecule has 70 valence electrons. The van der Waals surface area contributed by atoms with Gasteiger partial charge in [0.1, 0.15) is 12.1 Å². The highest BCUT2D eigenvalue weighted by molar-refractivity contribution is 9.10. The molecule has 0 unspecified atom stereocenters. The van der Waals surface area contributed by atoms with E-state index in [1.165, 1.54) is 0 Å². The van der Waals surface area contributed by atoms with E-state index in [1.807, 2.05) is 6.08 Å². The second-order valence-corrected chi connectivity index (χ2v) is 3.38. The average Bonchev–Trinajstić information content (AvgIpc) is 2.16. The van der Waals surface area contributed by atoms with E-state index in [0.29, 0.717) is 0 Å². The Morgan fingerprint density at radius 2 is 2.46 bits per heavy atom.